The Bertz CT molecular complexity index is 1000. The van der Waals surface area contributed by atoms with Crippen LogP contribution in [0.25, 0.3) is 5.70 Å². The molecule has 0 saturated heterocycles. The predicted octanol–water partition coefficient (Wildman–Crippen LogP) is 2.97. The highest BCUT2D eigenvalue weighted by molar-refractivity contribution is 6.04. The summed E-state index contributed by atoms with van der Waals surface area (Å²) in [5, 5.41) is 24.2. The highest BCUT2D eigenvalue weighted by Crippen LogP contribution is 2.39. The molecular weight excluding hydrogens is 378 g/mol. The first-order chi connectivity index (χ1) is 13.8. The minimum atomic E-state index is -1.13. The monoisotopic (exact) mass is 397 g/mol. The number of hydrogen-bond donors (Lipinski definition) is 2. The van der Waals surface area contributed by atoms with Crippen molar-refractivity contribution in [2.24, 2.45) is 0 Å². The number of phenols is 1. The van der Waals surface area contributed by atoms with Crippen molar-refractivity contribution in [2.75, 3.05) is 13.7 Å². The summed E-state index contributed by atoms with van der Waals surface area (Å²) in [7, 11) is 1.50. The lowest BCUT2D eigenvalue weighted by Crippen LogP contribution is -2.46. The second kappa shape index (κ2) is 8.01. The standard InChI is InChI=1S/C20H19N3O6/c1-3-29-19(25)16-17(14-11-13(23(27)28)9-10-15(14)24)21-20(26)22(2)18(16)12-7-5-4-6-8-12/h4-11,17,24H,3H2,1-2H3,(H,21,26)/t17-/m0/s1. The first-order valence-corrected chi connectivity index (χ1v) is 8.83. The Balaban J connectivity index is 2.29. The minimum Gasteiger partial charge on any atom is -0.508 e. The van der Waals surface area contributed by atoms with Crippen molar-refractivity contribution >= 4 is 23.4 Å². The summed E-state index contributed by atoms with van der Waals surface area (Å²) in [4.78, 5) is 37.3. The van der Waals surface area contributed by atoms with Crippen molar-refractivity contribution in [2.45, 2.75) is 13.0 Å². The van der Waals surface area contributed by atoms with E-state index in [1.165, 1.54) is 11.9 Å². The fourth-order valence-electron chi connectivity index (χ4n) is 3.20. The molecule has 3 rings (SSSR count). The Kier molecular flexibility index (Phi) is 5.49. The van der Waals surface area contributed by atoms with Gasteiger partial charge >= 0.3 is 12.0 Å². The third-order valence-electron chi connectivity index (χ3n) is 4.53. The summed E-state index contributed by atoms with van der Waals surface area (Å²) in [6.07, 6.45) is 0. The zero-order valence-electron chi connectivity index (χ0n) is 15.8. The number of carbonyl (C=O) groups excluding carboxylic acids is 2. The fourth-order valence-corrected chi connectivity index (χ4v) is 3.20. The average molecular weight is 397 g/mol. The van der Waals surface area contributed by atoms with Gasteiger partial charge in [0.15, 0.2) is 0 Å². The predicted molar refractivity (Wildman–Crippen MR) is 104 cm³/mol. The fraction of sp³-hybridized carbons (Fsp3) is 0.200. The number of benzene rings is 2. The van der Waals surface area contributed by atoms with Crippen molar-refractivity contribution in [3.05, 3.63) is 75.3 Å². The molecule has 2 N–H and O–H groups in total. The van der Waals surface area contributed by atoms with Gasteiger partial charge in [0.25, 0.3) is 5.69 Å². The number of urea groups is 1. The van der Waals surface area contributed by atoms with Crippen molar-refractivity contribution in [3.63, 3.8) is 0 Å². The smallest absolute Gasteiger partial charge is 0.338 e. The summed E-state index contributed by atoms with van der Waals surface area (Å²) in [6.45, 7) is 1.74. The van der Waals surface area contributed by atoms with E-state index in [4.69, 9.17) is 4.74 Å². The van der Waals surface area contributed by atoms with Gasteiger partial charge in [-0.15, -0.1) is 0 Å². The molecule has 9 nitrogen and oxygen atoms in total. The van der Waals surface area contributed by atoms with Crippen LogP contribution in [0.4, 0.5) is 10.5 Å². The molecule has 1 heterocycles. The Hall–Kier alpha value is -3.88. The van der Waals surface area contributed by atoms with E-state index in [0.29, 0.717) is 11.3 Å². The molecule has 2 aromatic carbocycles. The second-order valence-corrected chi connectivity index (χ2v) is 6.29. The van der Waals surface area contributed by atoms with Crippen LogP contribution in [0.2, 0.25) is 0 Å². The van der Waals surface area contributed by atoms with Gasteiger partial charge in [-0.2, -0.15) is 0 Å². The number of nitro benzene ring substituents is 1. The van der Waals surface area contributed by atoms with Crippen LogP contribution >= 0.6 is 0 Å². The molecule has 2 aromatic rings. The van der Waals surface area contributed by atoms with Gasteiger partial charge in [-0.3, -0.25) is 15.0 Å². The molecular formula is C20H19N3O6. The zero-order valence-corrected chi connectivity index (χ0v) is 15.8. The third-order valence-corrected chi connectivity index (χ3v) is 4.53. The van der Waals surface area contributed by atoms with Gasteiger partial charge in [0.2, 0.25) is 0 Å². The number of ether oxygens (including phenoxy) is 1. The van der Waals surface area contributed by atoms with Crippen LogP contribution in [-0.4, -0.2) is 40.6 Å². The van der Waals surface area contributed by atoms with Crippen molar-refractivity contribution in [1.29, 1.82) is 0 Å². The first kappa shape index (κ1) is 19.9. The summed E-state index contributed by atoms with van der Waals surface area (Å²) in [5.41, 5.74) is 0.690. The van der Waals surface area contributed by atoms with Crippen LogP contribution < -0.4 is 5.32 Å². The third kappa shape index (κ3) is 3.75. The molecule has 1 atom stereocenters. The molecule has 1 aliphatic heterocycles. The lowest BCUT2D eigenvalue weighted by Gasteiger charge is -2.34. The molecule has 2 amide bonds. The van der Waals surface area contributed by atoms with E-state index in [-0.39, 0.29) is 29.2 Å². The largest absolute Gasteiger partial charge is 0.508 e. The normalized spacial score (nSPS) is 16.4. The molecule has 150 valence electrons. The van der Waals surface area contributed by atoms with Gasteiger partial charge in [-0.25, -0.2) is 9.59 Å². The Morgan fingerprint density at radius 1 is 1.28 bits per heavy atom. The van der Waals surface area contributed by atoms with Crippen LogP contribution in [0, 0.1) is 10.1 Å². The van der Waals surface area contributed by atoms with E-state index in [0.717, 1.165) is 18.2 Å². The molecule has 0 bridgehead atoms. The average Bonchev–Trinajstić information content (AvgIpc) is 2.70. The zero-order chi connectivity index (χ0) is 21.1. The lowest BCUT2D eigenvalue weighted by molar-refractivity contribution is -0.385. The SMILES string of the molecule is CCOC(=O)C1=C(c2ccccc2)N(C)C(=O)N[C@H]1c1cc([N+](=O)[O-])ccc1O. The maximum absolute atomic E-state index is 12.9. The van der Waals surface area contributed by atoms with E-state index in [2.05, 4.69) is 5.32 Å². The molecule has 0 fully saturated rings. The summed E-state index contributed by atoms with van der Waals surface area (Å²) in [5.74, 6) is -0.992. The van der Waals surface area contributed by atoms with Gasteiger partial charge in [-0.1, -0.05) is 30.3 Å². The van der Waals surface area contributed by atoms with Crippen LogP contribution in [-0.2, 0) is 9.53 Å². The molecule has 0 aromatic heterocycles. The van der Waals surface area contributed by atoms with Gasteiger partial charge in [-0.05, 0) is 18.6 Å². The molecule has 0 spiro atoms. The number of carbonyl (C=O) groups is 2. The number of hydrogen-bond acceptors (Lipinski definition) is 6. The summed E-state index contributed by atoms with van der Waals surface area (Å²) >= 11 is 0. The van der Waals surface area contributed by atoms with Crippen LogP contribution in [0.5, 0.6) is 5.75 Å². The molecule has 0 radical (unpaired) electrons. The number of phenolic OH excluding ortho intramolecular Hbond substituents is 1. The molecule has 0 aliphatic carbocycles. The van der Waals surface area contributed by atoms with Crippen molar-refractivity contribution in [1.82, 2.24) is 10.2 Å². The van der Waals surface area contributed by atoms with Crippen LogP contribution in [0.3, 0.4) is 0 Å². The second-order valence-electron chi connectivity index (χ2n) is 6.29. The maximum atomic E-state index is 12.9. The summed E-state index contributed by atoms with van der Waals surface area (Å²) in [6, 6.07) is 10.5. The Morgan fingerprint density at radius 2 is 1.97 bits per heavy atom. The highest BCUT2D eigenvalue weighted by atomic mass is 16.6. The highest BCUT2D eigenvalue weighted by Gasteiger charge is 2.39. The molecule has 0 unspecified atom stereocenters. The maximum Gasteiger partial charge on any atom is 0.338 e. The van der Waals surface area contributed by atoms with Gasteiger partial charge < -0.3 is 15.2 Å². The number of nitrogens with one attached hydrogen (secondary N) is 1. The van der Waals surface area contributed by atoms with Crippen molar-refractivity contribution < 1.29 is 24.4 Å². The van der Waals surface area contributed by atoms with Gasteiger partial charge in [0.1, 0.15) is 5.75 Å². The van der Waals surface area contributed by atoms with Gasteiger partial charge in [0, 0.05) is 24.7 Å². The number of esters is 1. The lowest BCUT2D eigenvalue weighted by atomic mass is 9.91. The first-order valence-electron chi connectivity index (χ1n) is 8.83. The van der Waals surface area contributed by atoms with E-state index in [9.17, 15) is 24.8 Å². The topological polar surface area (TPSA) is 122 Å². The van der Waals surface area contributed by atoms with Crippen molar-refractivity contribution in [3.8, 4) is 5.75 Å². The van der Waals surface area contributed by atoms with E-state index in [1.54, 1.807) is 37.3 Å². The number of nitro groups is 1. The molecule has 29 heavy (non-hydrogen) atoms. The van der Waals surface area contributed by atoms with Crippen LogP contribution in [0.1, 0.15) is 24.1 Å². The molecule has 0 saturated carbocycles. The van der Waals surface area contributed by atoms with E-state index < -0.39 is 23.0 Å². The molecule has 1 aliphatic rings. The number of nitrogens with zero attached hydrogens (tertiary/aromatic N) is 2. The Morgan fingerprint density at radius 3 is 2.59 bits per heavy atom. The molecule has 9 heteroatoms. The van der Waals surface area contributed by atoms with Crippen LogP contribution in [0.15, 0.2) is 54.1 Å². The van der Waals surface area contributed by atoms with E-state index >= 15 is 0 Å². The number of amides is 2. The minimum absolute atomic E-state index is 0.0251. The Labute approximate surface area is 166 Å². The summed E-state index contributed by atoms with van der Waals surface area (Å²) < 4.78 is 5.20. The van der Waals surface area contributed by atoms with E-state index in [1.807, 2.05) is 0 Å². The number of aromatic hydroxyl groups is 1. The number of non-ortho nitro benzene ring substituents is 1. The van der Waals surface area contributed by atoms with Gasteiger partial charge in [0.05, 0.1) is 28.8 Å². The number of rotatable bonds is 5. The quantitative estimate of drug-likeness (QED) is 0.454.